The molecule has 0 aromatic carbocycles. The predicted molar refractivity (Wildman–Crippen MR) is 47.2 cm³/mol. The highest BCUT2D eigenvalue weighted by Gasteiger charge is 2.22. The number of aliphatic hydroxyl groups is 1. The molecule has 0 aliphatic carbocycles. The van der Waals surface area contributed by atoms with E-state index in [9.17, 15) is 9.59 Å². The third-order valence-electron chi connectivity index (χ3n) is 1.50. The van der Waals surface area contributed by atoms with Crippen molar-refractivity contribution in [3.8, 4) is 0 Å². The van der Waals surface area contributed by atoms with Gasteiger partial charge in [-0.2, -0.15) is 0 Å². The molecule has 0 fully saturated rings. The van der Waals surface area contributed by atoms with Gasteiger partial charge in [0.05, 0.1) is 0 Å². The monoisotopic (exact) mass is 188 g/mol. The van der Waals surface area contributed by atoms with Gasteiger partial charge in [-0.3, -0.25) is 9.59 Å². The largest absolute Gasteiger partial charge is 0.459 e. The zero-order chi connectivity index (χ0) is 10.5. The first kappa shape index (κ1) is 12.1. The van der Waals surface area contributed by atoms with Crippen molar-refractivity contribution in [2.45, 2.75) is 39.2 Å². The lowest BCUT2D eigenvalue weighted by atomic mass is 10.1. The number of hydrogen-bond acceptors (Lipinski definition) is 4. The molecule has 4 heteroatoms. The SMILES string of the molecule is CC(=O)CC(=O)OC(C)(C)CCO. The number of carbonyl (C=O) groups excluding carboxylic acids is 2. The molecule has 0 unspecified atom stereocenters. The number of ether oxygens (including phenoxy) is 1. The molecule has 76 valence electrons. The summed E-state index contributed by atoms with van der Waals surface area (Å²) in [5.41, 5.74) is -0.693. The Labute approximate surface area is 77.9 Å². The molecule has 0 radical (unpaired) electrons. The molecule has 0 atom stereocenters. The Morgan fingerprint density at radius 1 is 1.38 bits per heavy atom. The van der Waals surface area contributed by atoms with Crippen LogP contribution in [0.5, 0.6) is 0 Å². The number of Topliss-reactive ketones (excluding diaryl/α,β-unsaturated/α-hetero) is 1. The van der Waals surface area contributed by atoms with E-state index < -0.39 is 11.6 Å². The van der Waals surface area contributed by atoms with Gasteiger partial charge in [0.15, 0.2) is 0 Å². The van der Waals surface area contributed by atoms with Crippen LogP contribution in [-0.4, -0.2) is 29.1 Å². The van der Waals surface area contributed by atoms with Crippen LogP contribution in [0.4, 0.5) is 0 Å². The Balaban J connectivity index is 3.96. The highest BCUT2D eigenvalue weighted by Crippen LogP contribution is 2.14. The highest BCUT2D eigenvalue weighted by atomic mass is 16.6. The first-order chi connectivity index (χ1) is 5.87. The Hall–Kier alpha value is -0.900. The molecule has 0 aromatic rings. The second-order valence-corrected chi connectivity index (χ2v) is 3.59. The quantitative estimate of drug-likeness (QED) is 0.508. The van der Waals surface area contributed by atoms with Crippen LogP contribution in [0.1, 0.15) is 33.6 Å². The van der Waals surface area contributed by atoms with E-state index in [1.807, 2.05) is 0 Å². The molecule has 0 aliphatic heterocycles. The van der Waals surface area contributed by atoms with Crippen molar-refractivity contribution in [3.63, 3.8) is 0 Å². The minimum atomic E-state index is -0.693. The minimum absolute atomic E-state index is 0.0413. The van der Waals surface area contributed by atoms with Gasteiger partial charge in [0, 0.05) is 13.0 Å². The van der Waals surface area contributed by atoms with Gasteiger partial charge in [0.25, 0.3) is 0 Å². The molecular weight excluding hydrogens is 172 g/mol. The Bertz CT molecular complexity index is 196. The van der Waals surface area contributed by atoms with Gasteiger partial charge in [0.1, 0.15) is 17.8 Å². The third-order valence-corrected chi connectivity index (χ3v) is 1.50. The highest BCUT2D eigenvalue weighted by molar-refractivity contribution is 5.94. The molecule has 0 amide bonds. The Morgan fingerprint density at radius 2 is 1.92 bits per heavy atom. The average molecular weight is 188 g/mol. The molecule has 4 nitrogen and oxygen atoms in total. The second-order valence-electron chi connectivity index (χ2n) is 3.59. The van der Waals surface area contributed by atoms with Crippen LogP contribution in [0.25, 0.3) is 0 Å². The van der Waals surface area contributed by atoms with E-state index in [-0.39, 0.29) is 18.8 Å². The van der Waals surface area contributed by atoms with Crippen LogP contribution < -0.4 is 0 Å². The number of hydrogen-bond donors (Lipinski definition) is 1. The fraction of sp³-hybridized carbons (Fsp3) is 0.778. The van der Waals surface area contributed by atoms with Gasteiger partial charge in [-0.25, -0.2) is 0 Å². The molecule has 1 N–H and O–H groups in total. The normalized spacial score (nSPS) is 11.1. The van der Waals surface area contributed by atoms with Crippen LogP contribution in [0.3, 0.4) is 0 Å². The van der Waals surface area contributed by atoms with Gasteiger partial charge in [-0.05, 0) is 20.8 Å². The molecule has 0 saturated heterocycles. The number of esters is 1. The van der Waals surface area contributed by atoms with Gasteiger partial charge in [0.2, 0.25) is 0 Å². The van der Waals surface area contributed by atoms with Crippen molar-refractivity contribution in [1.29, 1.82) is 0 Å². The van der Waals surface area contributed by atoms with Gasteiger partial charge in [-0.15, -0.1) is 0 Å². The van der Waals surface area contributed by atoms with Crippen molar-refractivity contribution in [2.75, 3.05) is 6.61 Å². The predicted octanol–water partition coefficient (Wildman–Crippen LogP) is 0.670. The lowest BCUT2D eigenvalue weighted by Gasteiger charge is -2.23. The van der Waals surface area contributed by atoms with Crippen LogP contribution in [0.2, 0.25) is 0 Å². The number of rotatable bonds is 5. The maximum absolute atomic E-state index is 11.0. The van der Waals surface area contributed by atoms with E-state index in [2.05, 4.69) is 0 Å². The van der Waals surface area contributed by atoms with Crippen molar-refractivity contribution >= 4 is 11.8 Å². The topological polar surface area (TPSA) is 63.6 Å². The van der Waals surface area contributed by atoms with Crippen molar-refractivity contribution in [1.82, 2.24) is 0 Å². The lowest BCUT2D eigenvalue weighted by molar-refractivity contribution is -0.158. The summed E-state index contributed by atoms with van der Waals surface area (Å²) in [7, 11) is 0. The van der Waals surface area contributed by atoms with Crippen LogP contribution in [0, 0.1) is 0 Å². The van der Waals surface area contributed by atoms with Crippen molar-refractivity contribution in [3.05, 3.63) is 0 Å². The molecule has 0 spiro atoms. The van der Waals surface area contributed by atoms with Crippen LogP contribution in [0.15, 0.2) is 0 Å². The summed E-state index contributed by atoms with van der Waals surface area (Å²) in [4.78, 5) is 21.6. The lowest BCUT2D eigenvalue weighted by Crippen LogP contribution is -2.29. The molecule has 0 aromatic heterocycles. The minimum Gasteiger partial charge on any atom is -0.459 e. The Morgan fingerprint density at radius 3 is 2.31 bits per heavy atom. The maximum Gasteiger partial charge on any atom is 0.313 e. The third kappa shape index (κ3) is 6.28. The number of aliphatic hydroxyl groups excluding tert-OH is 1. The summed E-state index contributed by atoms with van der Waals surface area (Å²) in [6, 6.07) is 0. The molecule has 13 heavy (non-hydrogen) atoms. The molecule has 0 rings (SSSR count). The first-order valence-corrected chi connectivity index (χ1v) is 4.19. The molecule has 0 saturated carbocycles. The van der Waals surface area contributed by atoms with E-state index in [4.69, 9.17) is 9.84 Å². The van der Waals surface area contributed by atoms with Crippen LogP contribution in [-0.2, 0) is 14.3 Å². The van der Waals surface area contributed by atoms with Crippen molar-refractivity contribution in [2.24, 2.45) is 0 Å². The van der Waals surface area contributed by atoms with Gasteiger partial charge in [-0.1, -0.05) is 0 Å². The summed E-state index contributed by atoms with van der Waals surface area (Å²) < 4.78 is 4.97. The van der Waals surface area contributed by atoms with Gasteiger partial charge < -0.3 is 9.84 Å². The number of carbonyl (C=O) groups is 2. The van der Waals surface area contributed by atoms with Crippen LogP contribution >= 0.6 is 0 Å². The van der Waals surface area contributed by atoms with Gasteiger partial charge >= 0.3 is 5.97 Å². The van der Waals surface area contributed by atoms with E-state index in [0.29, 0.717) is 6.42 Å². The summed E-state index contributed by atoms with van der Waals surface area (Å²) >= 11 is 0. The van der Waals surface area contributed by atoms with Crippen molar-refractivity contribution < 1.29 is 19.4 Å². The molecular formula is C9H16O4. The maximum atomic E-state index is 11.0. The summed E-state index contributed by atoms with van der Waals surface area (Å²) in [5, 5.41) is 8.64. The summed E-state index contributed by atoms with van der Waals surface area (Å²) in [6.45, 7) is 4.68. The zero-order valence-electron chi connectivity index (χ0n) is 8.29. The standard InChI is InChI=1S/C9H16O4/c1-7(11)6-8(12)13-9(2,3)4-5-10/h10H,4-6H2,1-3H3. The van der Waals surface area contributed by atoms with E-state index in [0.717, 1.165) is 0 Å². The number of ketones is 1. The fourth-order valence-electron chi connectivity index (χ4n) is 0.868. The molecule has 0 heterocycles. The zero-order valence-corrected chi connectivity index (χ0v) is 8.29. The first-order valence-electron chi connectivity index (χ1n) is 4.19. The van der Waals surface area contributed by atoms with E-state index >= 15 is 0 Å². The smallest absolute Gasteiger partial charge is 0.313 e. The summed E-state index contributed by atoms with van der Waals surface area (Å²) in [5.74, 6) is -0.754. The fourth-order valence-corrected chi connectivity index (χ4v) is 0.868. The van der Waals surface area contributed by atoms with E-state index in [1.165, 1.54) is 6.92 Å². The molecule has 0 bridgehead atoms. The second kappa shape index (κ2) is 4.97. The summed E-state index contributed by atoms with van der Waals surface area (Å²) in [6.07, 6.45) is 0.172. The average Bonchev–Trinajstić information content (AvgIpc) is 1.81. The van der Waals surface area contributed by atoms with E-state index in [1.54, 1.807) is 13.8 Å². The Kier molecular flexibility index (Phi) is 4.62. The molecule has 0 aliphatic rings.